The molecule has 0 aliphatic rings. The summed E-state index contributed by atoms with van der Waals surface area (Å²) in [6.07, 6.45) is 6.12. The second-order valence-corrected chi connectivity index (χ2v) is 3.42. The second-order valence-electron chi connectivity index (χ2n) is 3.42. The van der Waals surface area contributed by atoms with Crippen molar-refractivity contribution in [3.63, 3.8) is 0 Å². The fourth-order valence-electron chi connectivity index (χ4n) is 0.679. The number of rotatable bonds is 4. The molecule has 0 aromatic heterocycles. The summed E-state index contributed by atoms with van der Waals surface area (Å²) in [6, 6.07) is 0. The highest BCUT2D eigenvalue weighted by Crippen LogP contribution is 2.25. The molecule has 0 heterocycles. The van der Waals surface area contributed by atoms with Crippen molar-refractivity contribution in [2.24, 2.45) is 5.41 Å². The fraction of sp³-hybridized carbons (Fsp3) is 0.889. The van der Waals surface area contributed by atoms with E-state index in [0.717, 1.165) is 0 Å². The van der Waals surface area contributed by atoms with Gasteiger partial charge in [0.2, 0.25) is 0 Å². The van der Waals surface area contributed by atoms with Gasteiger partial charge in [0.1, 0.15) is 0 Å². The molecule has 0 nitrogen and oxygen atoms in total. The van der Waals surface area contributed by atoms with E-state index in [2.05, 4.69) is 34.1 Å². The summed E-state index contributed by atoms with van der Waals surface area (Å²) in [5.41, 5.74) is 0.538. The zero-order valence-corrected chi connectivity index (χ0v) is 7.20. The van der Waals surface area contributed by atoms with E-state index in [0.29, 0.717) is 5.41 Å². The molecule has 0 spiro atoms. The van der Waals surface area contributed by atoms with Gasteiger partial charge in [0.15, 0.2) is 0 Å². The topological polar surface area (TPSA) is 0 Å². The monoisotopic (exact) mass is 127 g/mol. The van der Waals surface area contributed by atoms with Gasteiger partial charge < -0.3 is 0 Å². The first-order valence-corrected chi connectivity index (χ1v) is 3.94. The van der Waals surface area contributed by atoms with E-state index in [-0.39, 0.29) is 0 Å². The first-order valence-electron chi connectivity index (χ1n) is 3.94. The Kier molecular flexibility index (Phi) is 3.76. The van der Waals surface area contributed by atoms with Crippen molar-refractivity contribution in [1.82, 2.24) is 0 Å². The summed E-state index contributed by atoms with van der Waals surface area (Å²) in [6.45, 7) is 9.09. The van der Waals surface area contributed by atoms with Crippen molar-refractivity contribution < 1.29 is 0 Å². The van der Waals surface area contributed by atoms with Crippen LogP contribution in [0, 0.1) is 11.8 Å². The predicted molar refractivity (Wildman–Crippen MR) is 43.3 cm³/mol. The third-order valence-corrected chi connectivity index (χ3v) is 1.94. The van der Waals surface area contributed by atoms with Gasteiger partial charge in [-0.2, -0.15) is 0 Å². The van der Waals surface area contributed by atoms with Gasteiger partial charge in [-0.1, -0.05) is 20.8 Å². The van der Waals surface area contributed by atoms with Crippen LogP contribution in [0.3, 0.4) is 0 Å². The zero-order chi connectivity index (χ0) is 7.33. The Bertz CT molecular complexity index is 62.4. The van der Waals surface area contributed by atoms with Gasteiger partial charge >= 0.3 is 0 Å². The van der Waals surface area contributed by atoms with Crippen LogP contribution in [0.4, 0.5) is 0 Å². The molecule has 0 amide bonds. The molecule has 9 heavy (non-hydrogen) atoms. The van der Waals surface area contributed by atoms with Gasteiger partial charge in [-0.15, -0.1) is 0 Å². The summed E-state index contributed by atoms with van der Waals surface area (Å²) in [5, 5.41) is 0. The Labute approximate surface area is 59.7 Å². The molecule has 0 N–H and O–H groups in total. The lowest BCUT2D eigenvalue weighted by Crippen LogP contribution is -2.08. The average Bonchev–Trinajstić information content (AvgIpc) is 1.84. The largest absolute Gasteiger partial charge is 0.0925 e. The van der Waals surface area contributed by atoms with E-state index < -0.39 is 0 Å². The van der Waals surface area contributed by atoms with Crippen molar-refractivity contribution >= 4 is 0 Å². The third kappa shape index (κ3) is 4.38. The Morgan fingerprint density at radius 3 is 2.11 bits per heavy atom. The van der Waals surface area contributed by atoms with Crippen LogP contribution in [0.2, 0.25) is 0 Å². The van der Waals surface area contributed by atoms with Gasteiger partial charge in [0.05, 0.1) is 19.3 Å². The van der Waals surface area contributed by atoms with Crippen molar-refractivity contribution in [2.45, 2.75) is 47.0 Å². The van der Waals surface area contributed by atoms with Crippen LogP contribution in [0.5, 0.6) is 0 Å². The van der Waals surface area contributed by atoms with Crippen molar-refractivity contribution in [3.05, 3.63) is 6.42 Å². The molecular weight excluding hydrogens is 108 g/mol. The number of hydrogen-bond acceptors (Lipinski definition) is 0. The minimum atomic E-state index is 0.538. The maximum absolute atomic E-state index is 2.36. The first-order chi connectivity index (χ1) is 4.12. The van der Waals surface area contributed by atoms with E-state index >= 15 is 0 Å². The van der Waals surface area contributed by atoms with Crippen LogP contribution in [0.15, 0.2) is 0 Å². The molecule has 0 saturated carbocycles. The lowest BCUT2D eigenvalue weighted by Gasteiger charge is -2.16. The van der Waals surface area contributed by atoms with E-state index in [1.807, 2.05) is 0 Å². The third-order valence-electron chi connectivity index (χ3n) is 1.94. The number of hydrogen-bond donors (Lipinski definition) is 0. The summed E-state index contributed by atoms with van der Waals surface area (Å²) in [4.78, 5) is 0. The first kappa shape index (κ1) is 8.87. The molecule has 0 radical (unpaired) electrons. The van der Waals surface area contributed by atoms with Gasteiger partial charge in [-0.25, -0.2) is 0 Å². The summed E-state index contributed by atoms with van der Waals surface area (Å²) in [5.74, 6) is 0. The van der Waals surface area contributed by atoms with Crippen LogP contribution in [0.25, 0.3) is 0 Å². The fourth-order valence-corrected chi connectivity index (χ4v) is 0.679. The molecular formula is C9H19+. The highest BCUT2D eigenvalue weighted by Gasteiger charge is 2.18. The number of unbranched alkanes of at least 4 members (excludes halogenated alkanes) is 1. The summed E-state index contributed by atoms with van der Waals surface area (Å²) in [7, 11) is 0. The Morgan fingerprint density at radius 2 is 1.78 bits per heavy atom. The average molecular weight is 127 g/mol. The molecule has 0 atom stereocenters. The molecule has 0 aliphatic carbocycles. The molecule has 0 aromatic carbocycles. The van der Waals surface area contributed by atoms with Gasteiger partial charge in [-0.05, 0) is 13.3 Å². The minimum Gasteiger partial charge on any atom is -0.0647 e. The van der Waals surface area contributed by atoms with Gasteiger partial charge in [0.25, 0.3) is 0 Å². The van der Waals surface area contributed by atoms with Crippen molar-refractivity contribution in [1.29, 1.82) is 0 Å². The van der Waals surface area contributed by atoms with Gasteiger partial charge in [-0.3, -0.25) is 0 Å². The summed E-state index contributed by atoms with van der Waals surface area (Å²) >= 11 is 0. The SMILES string of the molecule is CC[CH+]CC(C)(C)CC. The van der Waals surface area contributed by atoms with Crippen LogP contribution in [-0.2, 0) is 0 Å². The lowest BCUT2D eigenvalue weighted by molar-refractivity contribution is 0.343. The van der Waals surface area contributed by atoms with Crippen LogP contribution < -0.4 is 0 Å². The molecule has 54 valence electrons. The molecule has 0 aliphatic heterocycles. The minimum absolute atomic E-state index is 0.538. The summed E-state index contributed by atoms with van der Waals surface area (Å²) < 4.78 is 0. The molecule has 0 heteroatoms. The van der Waals surface area contributed by atoms with Crippen molar-refractivity contribution in [3.8, 4) is 0 Å². The van der Waals surface area contributed by atoms with E-state index in [1.54, 1.807) is 0 Å². The quantitative estimate of drug-likeness (QED) is 0.507. The van der Waals surface area contributed by atoms with Crippen LogP contribution >= 0.6 is 0 Å². The molecule has 0 unspecified atom stereocenters. The van der Waals surface area contributed by atoms with Crippen LogP contribution in [-0.4, -0.2) is 0 Å². The molecule has 0 fully saturated rings. The van der Waals surface area contributed by atoms with Crippen LogP contribution in [0.1, 0.15) is 47.0 Å². The highest BCUT2D eigenvalue weighted by molar-refractivity contribution is 4.74. The Balaban J connectivity index is 3.33. The highest BCUT2D eigenvalue weighted by atomic mass is 14.2. The van der Waals surface area contributed by atoms with E-state index in [9.17, 15) is 0 Å². The normalized spacial score (nSPS) is 11.6. The predicted octanol–water partition coefficient (Wildman–Crippen LogP) is 3.43. The maximum Gasteiger partial charge on any atom is 0.0925 e. The maximum atomic E-state index is 2.36. The molecule has 0 saturated heterocycles. The van der Waals surface area contributed by atoms with E-state index in [4.69, 9.17) is 0 Å². The lowest BCUT2D eigenvalue weighted by atomic mass is 9.85. The molecule has 0 bridgehead atoms. The Hall–Kier alpha value is -0.130. The molecule has 0 aromatic rings. The van der Waals surface area contributed by atoms with E-state index in [1.165, 1.54) is 19.3 Å². The van der Waals surface area contributed by atoms with Crippen molar-refractivity contribution in [2.75, 3.05) is 0 Å². The smallest absolute Gasteiger partial charge is 0.0647 e. The zero-order valence-electron chi connectivity index (χ0n) is 7.20. The van der Waals surface area contributed by atoms with Gasteiger partial charge in [0, 0.05) is 5.41 Å². The molecule has 0 rings (SSSR count). The Morgan fingerprint density at radius 1 is 1.22 bits per heavy atom. The second kappa shape index (κ2) is 3.81. The standard InChI is InChI=1S/C9H19/c1-5-7-8-9(3,4)6-2/h7H,5-6,8H2,1-4H3/q+1.